The number of fused-ring (bicyclic) bond motifs is 1. The Hall–Kier alpha value is -1.28. The summed E-state index contributed by atoms with van der Waals surface area (Å²) in [6.07, 6.45) is 0.821. The zero-order valence-electron chi connectivity index (χ0n) is 7.10. The van der Waals surface area contributed by atoms with Crippen LogP contribution in [-0.4, -0.2) is 11.3 Å². The largest absolute Gasteiger partial charge is 0.357 e. The van der Waals surface area contributed by atoms with Crippen molar-refractivity contribution >= 4 is 28.8 Å². The van der Waals surface area contributed by atoms with Gasteiger partial charge in [-0.2, -0.15) is 0 Å². The maximum Gasteiger partial charge on any atom is 0.150 e. The van der Waals surface area contributed by atoms with Gasteiger partial charge in [-0.05, 0) is 13.0 Å². The normalized spacial score (nSPS) is 10.6. The molecule has 0 saturated carbocycles. The molecule has 0 aliphatic rings. The number of nitrogens with one attached hydrogen (secondary N) is 1. The molecular formula is C10H8ClNO. The van der Waals surface area contributed by atoms with Gasteiger partial charge in [0.15, 0.2) is 6.29 Å². The van der Waals surface area contributed by atoms with Gasteiger partial charge >= 0.3 is 0 Å². The number of carbonyl (C=O) groups is 1. The van der Waals surface area contributed by atoms with E-state index in [9.17, 15) is 4.79 Å². The number of aromatic nitrogens is 1. The van der Waals surface area contributed by atoms with E-state index >= 15 is 0 Å². The van der Waals surface area contributed by atoms with Crippen molar-refractivity contribution < 1.29 is 4.79 Å². The molecule has 3 heteroatoms. The molecular weight excluding hydrogens is 186 g/mol. The Balaban J connectivity index is 2.94. The lowest BCUT2D eigenvalue weighted by molar-refractivity contribution is 0.112. The number of aldehydes is 1. The molecule has 1 aromatic carbocycles. The molecule has 13 heavy (non-hydrogen) atoms. The van der Waals surface area contributed by atoms with Crippen molar-refractivity contribution in [3.63, 3.8) is 0 Å². The molecule has 1 aromatic heterocycles. The van der Waals surface area contributed by atoms with E-state index in [4.69, 9.17) is 11.6 Å². The van der Waals surface area contributed by atoms with Gasteiger partial charge in [0.2, 0.25) is 0 Å². The number of H-pyrrole nitrogens is 1. The van der Waals surface area contributed by atoms with E-state index in [2.05, 4.69) is 4.98 Å². The highest BCUT2D eigenvalue weighted by atomic mass is 35.5. The Kier molecular flexibility index (Phi) is 1.85. The third-order valence-electron chi connectivity index (χ3n) is 2.09. The maximum atomic E-state index is 10.7. The van der Waals surface area contributed by atoms with E-state index in [1.165, 1.54) is 0 Å². The van der Waals surface area contributed by atoms with Gasteiger partial charge in [0.25, 0.3) is 0 Å². The molecule has 1 heterocycles. The maximum absolute atomic E-state index is 10.7. The van der Waals surface area contributed by atoms with Gasteiger partial charge < -0.3 is 4.98 Å². The van der Waals surface area contributed by atoms with E-state index in [0.29, 0.717) is 10.6 Å². The fourth-order valence-electron chi connectivity index (χ4n) is 1.46. The second kappa shape index (κ2) is 2.89. The van der Waals surface area contributed by atoms with Crippen LogP contribution < -0.4 is 0 Å². The summed E-state index contributed by atoms with van der Waals surface area (Å²) in [6.45, 7) is 1.89. The van der Waals surface area contributed by atoms with Crippen LogP contribution in [0.15, 0.2) is 18.2 Å². The smallest absolute Gasteiger partial charge is 0.150 e. The van der Waals surface area contributed by atoms with E-state index in [-0.39, 0.29) is 0 Å². The molecule has 0 unspecified atom stereocenters. The second-order valence-electron chi connectivity index (χ2n) is 2.95. The molecule has 0 amide bonds. The topological polar surface area (TPSA) is 32.9 Å². The molecule has 0 radical (unpaired) electrons. The molecule has 0 aliphatic carbocycles. The highest BCUT2D eigenvalue weighted by molar-refractivity contribution is 6.37. The molecule has 0 atom stereocenters. The summed E-state index contributed by atoms with van der Waals surface area (Å²) in [5.74, 6) is 0. The van der Waals surface area contributed by atoms with Crippen LogP contribution >= 0.6 is 11.6 Å². The number of aryl methyl sites for hydroxylation is 1. The standard InChI is InChI=1S/C10H8ClNO/c1-6-10(11)9-7(5-13)3-2-4-8(9)12-6/h2-5,12H,1H3. The predicted octanol–water partition coefficient (Wildman–Crippen LogP) is 2.94. The van der Waals surface area contributed by atoms with Crippen molar-refractivity contribution in [3.05, 3.63) is 34.5 Å². The Morgan fingerprint density at radius 2 is 2.23 bits per heavy atom. The van der Waals surface area contributed by atoms with E-state index in [1.54, 1.807) is 6.07 Å². The van der Waals surface area contributed by atoms with E-state index in [1.807, 2.05) is 19.1 Å². The monoisotopic (exact) mass is 193 g/mol. The summed E-state index contributed by atoms with van der Waals surface area (Å²) in [7, 11) is 0. The van der Waals surface area contributed by atoms with Crippen LogP contribution in [0.25, 0.3) is 10.9 Å². The number of rotatable bonds is 1. The fraction of sp³-hybridized carbons (Fsp3) is 0.100. The van der Waals surface area contributed by atoms with Crippen LogP contribution in [0.1, 0.15) is 16.1 Å². The van der Waals surface area contributed by atoms with E-state index < -0.39 is 0 Å². The number of halogens is 1. The van der Waals surface area contributed by atoms with Gasteiger partial charge in [0.05, 0.1) is 5.02 Å². The van der Waals surface area contributed by atoms with Gasteiger partial charge in [0.1, 0.15) is 0 Å². The third-order valence-corrected chi connectivity index (χ3v) is 2.57. The quantitative estimate of drug-likeness (QED) is 0.694. The van der Waals surface area contributed by atoms with Gasteiger partial charge in [-0.25, -0.2) is 0 Å². The lowest BCUT2D eigenvalue weighted by atomic mass is 10.1. The van der Waals surface area contributed by atoms with Crippen LogP contribution in [0.2, 0.25) is 5.02 Å². The lowest BCUT2D eigenvalue weighted by Gasteiger charge is -1.93. The molecule has 0 spiro atoms. The molecule has 0 fully saturated rings. The van der Waals surface area contributed by atoms with Crippen molar-refractivity contribution in [1.82, 2.24) is 4.98 Å². The third kappa shape index (κ3) is 1.14. The van der Waals surface area contributed by atoms with Gasteiger partial charge in [0, 0.05) is 22.2 Å². The van der Waals surface area contributed by atoms with Crippen LogP contribution in [0, 0.1) is 6.92 Å². The second-order valence-corrected chi connectivity index (χ2v) is 3.33. The number of carbonyl (C=O) groups excluding carboxylic acids is 1. The highest BCUT2D eigenvalue weighted by Gasteiger charge is 2.08. The molecule has 66 valence electrons. The molecule has 2 aromatic rings. The zero-order chi connectivity index (χ0) is 9.42. The Morgan fingerprint density at radius 1 is 1.46 bits per heavy atom. The fourth-order valence-corrected chi connectivity index (χ4v) is 1.72. The lowest BCUT2D eigenvalue weighted by Crippen LogP contribution is -1.79. The Labute approximate surface area is 80.5 Å². The van der Waals surface area contributed by atoms with E-state index in [0.717, 1.165) is 22.9 Å². The van der Waals surface area contributed by atoms with Gasteiger partial charge in [-0.3, -0.25) is 4.79 Å². The summed E-state index contributed by atoms with van der Waals surface area (Å²) in [5, 5.41) is 1.45. The Bertz CT molecular complexity index is 473. The first-order valence-corrected chi connectivity index (χ1v) is 4.34. The highest BCUT2D eigenvalue weighted by Crippen LogP contribution is 2.28. The van der Waals surface area contributed by atoms with Crippen molar-refractivity contribution in [2.24, 2.45) is 0 Å². The Morgan fingerprint density at radius 3 is 2.92 bits per heavy atom. The molecule has 0 saturated heterocycles. The molecule has 2 nitrogen and oxygen atoms in total. The molecule has 1 N–H and O–H groups in total. The average molecular weight is 194 g/mol. The van der Waals surface area contributed by atoms with Crippen LogP contribution in [0.4, 0.5) is 0 Å². The van der Waals surface area contributed by atoms with Crippen molar-refractivity contribution in [2.45, 2.75) is 6.92 Å². The van der Waals surface area contributed by atoms with Crippen LogP contribution in [0.3, 0.4) is 0 Å². The van der Waals surface area contributed by atoms with Gasteiger partial charge in [-0.15, -0.1) is 0 Å². The number of aromatic amines is 1. The van der Waals surface area contributed by atoms with Crippen molar-refractivity contribution in [2.75, 3.05) is 0 Å². The number of benzene rings is 1. The first-order chi connectivity index (χ1) is 6.24. The SMILES string of the molecule is Cc1[nH]c2cccc(C=O)c2c1Cl. The summed E-state index contributed by atoms with van der Waals surface area (Å²) >= 11 is 6.04. The minimum absolute atomic E-state index is 0.631. The van der Waals surface area contributed by atoms with Crippen molar-refractivity contribution in [3.8, 4) is 0 Å². The first kappa shape index (κ1) is 8.32. The minimum Gasteiger partial charge on any atom is -0.357 e. The summed E-state index contributed by atoms with van der Waals surface area (Å²) < 4.78 is 0. The number of hydrogen-bond acceptors (Lipinski definition) is 1. The summed E-state index contributed by atoms with van der Waals surface area (Å²) in [6, 6.07) is 5.49. The summed E-state index contributed by atoms with van der Waals surface area (Å²) in [4.78, 5) is 13.8. The minimum atomic E-state index is 0.631. The molecule has 0 bridgehead atoms. The summed E-state index contributed by atoms with van der Waals surface area (Å²) in [5.41, 5.74) is 2.44. The van der Waals surface area contributed by atoms with Crippen LogP contribution in [0.5, 0.6) is 0 Å². The first-order valence-electron chi connectivity index (χ1n) is 3.96. The predicted molar refractivity (Wildman–Crippen MR) is 53.4 cm³/mol. The molecule has 2 rings (SSSR count). The van der Waals surface area contributed by atoms with Gasteiger partial charge in [-0.1, -0.05) is 23.7 Å². The average Bonchev–Trinajstić information content (AvgIpc) is 2.43. The molecule has 0 aliphatic heterocycles. The zero-order valence-corrected chi connectivity index (χ0v) is 7.85. The number of hydrogen-bond donors (Lipinski definition) is 1. The van der Waals surface area contributed by atoms with Crippen molar-refractivity contribution in [1.29, 1.82) is 0 Å². The van der Waals surface area contributed by atoms with Crippen LogP contribution in [-0.2, 0) is 0 Å².